The quantitative estimate of drug-likeness (QED) is 0.719. The zero-order valence-electron chi connectivity index (χ0n) is 11.2. The predicted octanol–water partition coefficient (Wildman–Crippen LogP) is -0.0463. The number of hydrogen-bond donors (Lipinski definition) is 1. The van der Waals surface area contributed by atoms with Crippen molar-refractivity contribution in [3.63, 3.8) is 0 Å². The Morgan fingerprint density at radius 1 is 1.10 bits per heavy atom. The predicted molar refractivity (Wildman–Crippen MR) is 85.0 cm³/mol. The topological polar surface area (TPSA) is 91.2 Å². The Labute approximate surface area is 135 Å². The van der Waals surface area contributed by atoms with Gasteiger partial charge in [0.1, 0.15) is 12.7 Å². The fourth-order valence-corrected chi connectivity index (χ4v) is 2.59. The van der Waals surface area contributed by atoms with Crippen LogP contribution in [0, 0.1) is 3.57 Å². The number of aliphatic hydroxyl groups is 1. The van der Waals surface area contributed by atoms with Crippen LogP contribution in [0.2, 0.25) is 0 Å². The molecule has 0 unspecified atom stereocenters. The van der Waals surface area contributed by atoms with Gasteiger partial charge in [-0.05, 0) is 22.6 Å². The third kappa shape index (κ3) is 3.18. The molecular weight excluding hydrogens is 385 g/mol. The van der Waals surface area contributed by atoms with Gasteiger partial charge >= 0.3 is 0 Å². The highest BCUT2D eigenvalue weighted by Crippen LogP contribution is 2.18. The SMILES string of the molecule is OC[C@H]1CN(c2ncc(I)cn2)CCN1c1ncncn1. The highest BCUT2D eigenvalue weighted by molar-refractivity contribution is 14.1. The molecular formula is C12H14IN7O. The number of nitrogens with zero attached hydrogens (tertiary/aromatic N) is 7. The van der Waals surface area contributed by atoms with Crippen molar-refractivity contribution < 1.29 is 5.11 Å². The van der Waals surface area contributed by atoms with E-state index in [0.717, 1.165) is 10.1 Å². The number of piperazine rings is 1. The van der Waals surface area contributed by atoms with E-state index in [-0.39, 0.29) is 12.6 Å². The van der Waals surface area contributed by atoms with Crippen molar-refractivity contribution in [1.29, 1.82) is 0 Å². The summed E-state index contributed by atoms with van der Waals surface area (Å²) < 4.78 is 0.999. The van der Waals surface area contributed by atoms with Gasteiger partial charge in [-0.3, -0.25) is 0 Å². The van der Waals surface area contributed by atoms with Crippen molar-refractivity contribution in [3.05, 3.63) is 28.6 Å². The number of aromatic nitrogens is 5. The van der Waals surface area contributed by atoms with Crippen molar-refractivity contribution in [1.82, 2.24) is 24.9 Å². The van der Waals surface area contributed by atoms with E-state index >= 15 is 0 Å². The van der Waals surface area contributed by atoms with Crippen molar-refractivity contribution in [3.8, 4) is 0 Å². The van der Waals surface area contributed by atoms with E-state index in [1.165, 1.54) is 12.7 Å². The van der Waals surface area contributed by atoms with Gasteiger partial charge in [-0.2, -0.15) is 0 Å². The third-order valence-electron chi connectivity index (χ3n) is 3.32. The van der Waals surface area contributed by atoms with E-state index in [0.29, 0.717) is 25.0 Å². The average Bonchev–Trinajstić information content (AvgIpc) is 2.56. The summed E-state index contributed by atoms with van der Waals surface area (Å²) in [6, 6.07) is -0.0935. The first-order valence-electron chi connectivity index (χ1n) is 6.50. The molecule has 0 aromatic carbocycles. The third-order valence-corrected chi connectivity index (χ3v) is 3.88. The molecule has 2 aromatic heterocycles. The lowest BCUT2D eigenvalue weighted by Gasteiger charge is -2.40. The van der Waals surface area contributed by atoms with Crippen LogP contribution in [0.15, 0.2) is 25.0 Å². The molecule has 1 aliphatic rings. The van der Waals surface area contributed by atoms with E-state index in [9.17, 15) is 5.11 Å². The minimum Gasteiger partial charge on any atom is -0.394 e. The van der Waals surface area contributed by atoms with Crippen molar-refractivity contribution in [2.24, 2.45) is 0 Å². The summed E-state index contributed by atoms with van der Waals surface area (Å²) in [7, 11) is 0. The van der Waals surface area contributed by atoms with Crippen LogP contribution in [0.5, 0.6) is 0 Å². The van der Waals surface area contributed by atoms with E-state index in [2.05, 4.69) is 52.4 Å². The van der Waals surface area contributed by atoms with Crippen LogP contribution in [-0.2, 0) is 0 Å². The van der Waals surface area contributed by atoms with Gasteiger partial charge in [0.15, 0.2) is 0 Å². The summed E-state index contributed by atoms with van der Waals surface area (Å²) >= 11 is 2.18. The molecule has 110 valence electrons. The maximum absolute atomic E-state index is 9.65. The summed E-state index contributed by atoms with van der Waals surface area (Å²) in [5, 5.41) is 9.65. The molecule has 3 rings (SSSR count). The number of aliphatic hydroxyl groups excluding tert-OH is 1. The normalized spacial score (nSPS) is 18.9. The second-order valence-corrected chi connectivity index (χ2v) is 5.86. The molecule has 1 atom stereocenters. The summed E-state index contributed by atoms with van der Waals surface area (Å²) in [6.07, 6.45) is 6.50. The Balaban J connectivity index is 1.76. The molecule has 3 heterocycles. The smallest absolute Gasteiger partial charge is 0.228 e. The largest absolute Gasteiger partial charge is 0.394 e. The molecule has 8 nitrogen and oxygen atoms in total. The summed E-state index contributed by atoms with van der Waals surface area (Å²) in [6.45, 7) is 2.10. The van der Waals surface area contributed by atoms with Crippen molar-refractivity contribution >= 4 is 34.5 Å². The molecule has 0 spiro atoms. The van der Waals surface area contributed by atoms with Crippen molar-refractivity contribution in [2.75, 3.05) is 36.0 Å². The molecule has 0 amide bonds. The maximum Gasteiger partial charge on any atom is 0.228 e. The van der Waals surface area contributed by atoms with E-state index in [1.807, 2.05) is 4.90 Å². The fraction of sp³-hybridized carbons (Fsp3) is 0.417. The first-order valence-corrected chi connectivity index (χ1v) is 7.58. The van der Waals surface area contributed by atoms with Gasteiger partial charge < -0.3 is 14.9 Å². The zero-order valence-corrected chi connectivity index (χ0v) is 13.3. The second kappa shape index (κ2) is 6.43. The van der Waals surface area contributed by atoms with Gasteiger partial charge in [-0.1, -0.05) is 0 Å². The van der Waals surface area contributed by atoms with Crippen LogP contribution in [0.4, 0.5) is 11.9 Å². The number of anilines is 2. The maximum atomic E-state index is 9.65. The molecule has 0 radical (unpaired) electrons. The Morgan fingerprint density at radius 3 is 2.48 bits per heavy atom. The Morgan fingerprint density at radius 2 is 1.81 bits per heavy atom. The summed E-state index contributed by atoms with van der Waals surface area (Å²) in [4.78, 5) is 24.8. The molecule has 0 aliphatic carbocycles. The molecule has 0 bridgehead atoms. The van der Waals surface area contributed by atoms with Crippen LogP contribution in [-0.4, -0.2) is 62.3 Å². The lowest BCUT2D eigenvalue weighted by Crippen LogP contribution is -2.56. The van der Waals surface area contributed by atoms with Crippen molar-refractivity contribution in [2.45, 2.75) is 6.04 Å². The van der Waals surface area contributed by atoms with E-state index in [1.54, 1.807) is 12.4 Å². The Hall–Kier alpha value is -1.62. The van der Waals surface area contributed by atoms with Crippen LogP contribution >= 0.6 is 22.6 Å². The molecule has 0 saturated carbocycles. The van der Waals surface area contributed by atoms with E-state index in [4.69, 9.17) is 0 Å². The minimum atomic E-state index is -0.0935. The summed E-state index contributed by atoms with van der Waals surface area (Å²) in [5.41, 5.74) is 0. The number of rotatable bonds is 3. The first kappa shape index (κ1) is 14.3. The van der Waals surface area contributed by atoms with Crippen LogP contribution < -0.4 is 9.80 Å². The molecule has 21 heavy (non-hydrogen) atoms. The zero-order chi connectivity index (χ0) is 14.7. The molecule has 9 heteroatoms. The summed E-state index contributed by atoms with van der Waals surface area (Å²) in [5.74, 6) is 1.27. The number of hydrogen-bond acceptors (Lipinski definition) is 8. The molecule has 1 fully saturated rings. The second-order valence-electron chi connectivity index (χ2n) is 4.62. The first-order chi connectivity index (χ1) is 10.3. The monoisotopic (exact) mass is 399 g/mol. The van der Waals surface area contributed by atoms with E-state index < -0.39 is 0 Å². The highest BCUT2D eigenvalue weighted by atomic mass is 127. The lowest BCUT2D eigenvalue weighted by atomic mass is 10.2. The Kier molecular flexibility index (Phi) is 4.39. The lowest BCUT2D eigenvalue weighted by molar-refractivity contribution is 0.251. The van der Waals surface area contributed by atoms with Crippen LogP contribution in [0.25, 0.3) is 0 Å². The van der Waals surface area contributed by atoms with Gasteiger partial charge in [-0.25, -0.2) is 24.9 Å². The molecule has 1 N–H and O–H groups in total. The number of halogens is 1. The fourth-order valence-electron chi connectivity index (χ4n) is 2.31. The van der Waals surface area contributed by atoms with Gasteiger partial charge in [0, 0.05) is 35.6 Å². The molecule has 2 aromatic rings. The van der Waals surface area contributed by atoms with Gasteiger partial charge in [0.05, 0.1) is 12.6 Å². The standard InChI is InChI=1S/C12H14IN7O/c13-9-3-15-11(16-4-9)19-1-2-20(10(5-19)6-21)12-17-7-14-8-18-12/h3-4,7-8,10,21H,1-2,5-6H2/t10-/m1/s1. The Bertz CT molecular complexity index is 582. The van der Waals surface area contributed by atoms with Crippen LogP contribution in [0.1, 0.15) is 0 Å². The van der Waals surface area contributed by atoms with Gasteiger partial charge in [0.2, 0.25) is 11.9 Å². The molecule has 1 saturated heterocycles. The average molecular weight is 399 g/mol. The van der Waals surface area contributed by atoms with Gasteiger partial charge in [0.25, 0.3) is 0 Å². The minimum absolute atomic E-state index is 0.0204. The highest BCUT2D eigenvalue weighted by Gasteiger charge is 2.29. The van der Waals surface area contributed by atoms with Gasteiger partial charge in [-0.15, -0.1) is 0 Å². The molecule has 1 aliphatic heterocycles. The van der Waals surface area contributed by atoms with Crippen LogP contribution in [0.3, 0.4) is 0 Å².